The van der Waals surface area contributed by atoms with Gasteiger partial charge in [-0.1, -0.05) is 12.2 Å². The van der Waals surface area contributed by atoms with Crippen LogP contribution in [0.2, 0.25) is 0 Å². The number of benzene rings is 1. The lowest BCUT2D eigenvalue weighted by atomic mass is 10.0. The van der Waals surface area contributed by atoms with Gasteiger partial charge in [-0.25, -0.2) is 15.1 Å². The number of anilines is 1. The minimum Gasteiger partial charge on any atom is -0.347 e. The SMILES string of the molecule is Cc1cc2c3c(nc(=O)n2I)N2CCN(I)CC2C=Cc3c1F. The molecule has 1 fully saturated rings. The summed E-state index contributed by atoms with van der Waals surface area (Å²) in [7, 11) is 0. The van der Waals surface area contributed by atoms with E-state index >= 15 is 0 Å². The van der Waals surface area contributed by atoms with Crippen molar-refractivity contribution >= 4 is 68.5 Å². The number of rotatable bonds is 0. The fourth-order valence-electron chi connectivity index (χ4n) is 3.26. The molecule has 0 bridgehead atoms. The molecule has 0 N–H and O–H groups in total. The predicted octanol–water partition coefficient (Wildman–Crippen LogP) is 2.91. The van der Waals surface area contributed by atoms with Crippen molar-refractivity contribution < 1.29 is 4.39 Å². The lowest BCUT2D eigenvalue weighted by Crippen LogP contribution is -2.49. The predicted molar refractivity (Wildman–Crippen MR) is 106 cm³/mol. The van der Waals surface area contributed by atoms with Gasteiger partial charge in [0.2, 0.25) is 0 Å². The summed E-state index contributed by atoms with van der Waals surface area (Å²) in [6, 6.07) is 1.82. The first-order chi connectivity index (χ1) is 11.0. The average Bonchev–Trinajstić information content (AvgIpc) is 2.67. The van der Waals surface area contributed by atoms with Crippen molar-refractivity contribution in [2.75, 3.05) is 24.5 Å². The maximum atomic E-state index is 14.7. The van der Waals surface area contributed by atoms with Gasteiger partial charge < -0.3 is 4.90 Å². The molecule has 0 amide bonds. The van der Waals surface area contributed by atoms with Crippen molar-refractivity contribution in [3.8, 4) is 0 Å². The van der Waals surface area contributed by atoms with Crippen LogP contribution in [-0.2, 0) is 0 Å². The molecule has 0 saturated carbocycles. The Bertz CT molecular complexity index is 911. The smallest absolute Gasteiger partial charge is 0.347 e. The molecule has 2 aliphatic rings. The Kier molecular flexibility index (Phi) is 3.88. The molecule has 0 spiro atoms. The van der Waals surface area contributed by atoms with Crippen LogP contribution in [0.25, 0.3) is 17.0 Å². The van der Waals surface area contributed by atoms with Gasteiger partial charge in [0.15, 0.2) is 0 Å². The minimum atomic E-state index is -0.317. The molecular formula is C15H13FI2N4O. The van der Waals surface area contributed by atoms with Crippen molar-refractivity contribution in [1.82, 2.24) is 10.9 Å². The molecule has 1 unspecified atom stereocenters. The zero-order valence-electron chi connectivity index (χ0n) is 12.3. The fourth-order valence-corrected chi connectivity index (χ4v) is 4.37. The normalized spacial score (nSPS) is 20.7. The monoisotopic (exact) mass is 538 g/mol. The molecular weight excluding hydrogens is 525 g/mol. The highest BCUT2D eigenvalue weighted by atomic mass is 127. The van der Waals surface area contributed by atoms with Crippen LogP contribution in [-0.4, -0.2) is 36.6 Å². The highest BCUT2D eigenvalue weighted by molar-refractivity contribution is 14.1. The van der Waals surface area contributed by atoms with E-state index in [0.29, 0.717) is 16.9 Å². The molecule has 120 valence electrons. The first-order valence-corrected chi connectivity index (χ1v) is 9.18. The van der Waals surface area contributed by atoms with Gasteiger partial charge in [0.1, 0.15) is 11.6 Å². The van der Waals surface area contributed by atoms with E-state index in [4.69, 9.17) is 0 Å². The number of nitrogens with zero attached hydrogens (tertiary/aromatic N) is 4. The van der Waals surface area contributed by atoms with Gasteiger partial charge in [-0.15, -0.1) is 0 Å². The van der Waals surface area contributed by atoms with Crippen LogP contribution in [0.4, 0.5) is 10.2 Å². The summed E-state index contributed by atoms with van der Waals surface area (Å²) in [6.07, 6.45) is 3.86. The number of aromatic nitrogens is 2. The number of hydrogen-bond donors (Lipinski definition) is 0. The Labute approximate surface area is 160 Å². The van der Waals surface area contributed by atoms with Crippen molar-refractivity contribution in [2.24, 2.45) is 0 Å². The molecule has 1 saturated heterocycles. The number of hydrogen-bond acceptors (Lipinski definition) is 4. The lowest BCUT2D eigenvalue weighted by Gasteiger charge is -2.38. The third-order valence-corrected chi connectivity index (χ3v) is 6.20. The van der Waals surface area contributed by atoms with E-state index in [1.807, 2.05) is 35.0 Å². The van der Waals surface area contributed by atoms with Crippen molar-refractivity contribution in [3.63, 3.8) is 0 Å². The summed E-state index contributed by atoms with van der Waals surface area (Å²) in [4.78, 5) is 18.7. The molecule has 2 aromatic rings. The fraction of sp³-hybridized carbons (Fsp3) is 0.333. The molecule has 1 aromatic heterocycles. The first kappa shape index (κ1) is 15.8. The van der Waals surface area contributed by atoms with Crippen LogP contribution in [0.15, 0.2) is 16.9 Å². The Balaban J connectivity index is 2.11. The van der Waals surface area contributed by atoms with Crippen LogP contribution in [0.1, 0.15) is 11.1 Å². The van der Waals surface area contributed by atoms with Gasteiger partial charge in [0.25, 0.3) is 0 Å². The van der Waals surface area contributed by atoms with E-state index in [-0.39, 0.29) is 17.5 Å². The summed E-state index contributed by atoms with van der Waals surface area (Å²) in [5.74, 6) is 0.365. The second-order valence-electron chi connectivity index (χ2n) is 5.80. The topological polar surface area (TPSA) is 41.4 Å². The molecule has 23 heavy (non-hydrogen) atoms. The third-order valence-electron chi connectivity index (χ3n) is 4.39. The van der Waals surface area contributed by atoms with E-state index in [1.54, 1.807) is 13.0 Å². The Morgan fingerprint density at radius 2 is 2.13 bits per heavy atom. The molecule has 3 heterocycles. The van der Waals surface area contributed by atoms with Crippen molar-refractivity contribution in [3.05, 3.63) is 39.6 Å². The third kappa shape index (κ3) is 2.40. The highest BCUT2D eigenvalue weighted by Crippen LogP contribution is 2.36. The summed E-state index contributed by atoms with van der Waals surface area (Å²) in [5, 5.41) is 0.725. The van der Waals surface area contributed by atoms with Crippen molar-refractivity contribution in [2.45, 2.75) is 13.0 Å². The first-order valence-electron chi connectivity index (χ1n) is 7.25. The molecule has 4 rings (SSSR count). The minimum absolute atomic E-state index is 0.0907. The molecule has 2 aliphatic heterocycles. The van der Waals surface area contributed by atoms with Gasteiger partial charge in [-0.3, -0.25) is 0 Å². The summed E-state index contributed by atoms with van der Waals surface area (Å²) >= 11 is 4.24. The number of fused-ring (bicyclic) bond motifs is 2. The van der Waals surface area contributed by atoms with Gasteiger partial charge in [-0.2, -0.15) is 4.98 Å². The van der Waals surface area contributed by atoms with E-state index in [1.165, 1.54) is 2.78 Å². The summed E-state index contributed by atoms with van der Waals surface area (Å²) in [6.45, 7) is 4.19. The van der Waals surface area contributed by atoms with Crippen LogP contribution in [0.5, 0.6) is 0 Å². The number of aryl methyl sites for hydroxylation is 1. The molecule has 5 nitrogen and oxygen atoms in total. The van der Waals surface area contributed by atoms with Crippen LogP contribution < -0.4 is 10.6 Å². The number of piperazine rings is 1. The molecule has 1 aromatic carbocycles. The Morgan fingerprint density at radius 3 is 2.91 bits per heavy atom. The van der Waals surface area contributed by atoms with Gasteiger partial charge in [-0.05, 0) is 18.6 Å². The Morgan fingerprint density at radius 1 is 1.35 bits per heavy atom. The van der Waals surface area contributed by atoms with Crippen LogP contribution >= 0.6 is 45.7 Å². The highest BCUT2D eigenvalue weighted by Gasteiger charge is 2.31. The Hall–Kier alpha value is -0.750. The van der Waals surface area contributed by atoms with Crippen LogP contribution in [0, 0.1) is 12.7 Å². The second-order valence-corrected chi connectivity index (χ2v) is 8.13. The van der Waals surface area contributed by atoms with Gasteiger partial charge >= 0.3 is 5.69 Å². The largest absolute Gasteiger partial charge is 0.359 e. The standard InChI is InChI=1S/C15H13FI2N4O/c1-8-6-11-12-10(13(8)16)3-2-9-7-20(17)4-5-21(9)14(12)19-15(23)22(11)18/h2-3,6,9H,4-5,7H2,1H3. The van der Waals surface area contributed by atoms with Gasteiger partial charge in [0.05, 0.1) is 39.8 Å². The summed E-state index contributed by atoms with van der Waals surface area (Å²) < 4.78 is 18.4. The van der Waals surface area contributed by atoms with Crippen molar-refractivity contribution in [1.29, 1.82) is 0 Å². The van der Waals surface area contributed by atoms with E-state index < -0.39 is 0 Å². The average molecular weight is 538 g/mol. The lowest BCUT2D eigenvalue weighted by molar-refractivity contribution is 0.418. The van der Waals surface area contributed by atoms with E-state index in [9.17, 15) is 9.18 Å². The molecule has 8 heteroatoms. The maximum Gasteiger partial charge on any atom is 0.359 e. The number of halogens is 3. The quantitative estimate of drug-likeness (QED) is 0.383. The molecule has 0 radical (unpaired) electrons. The van der Waals surface area contributed by atoms with Gasteiger partial charge in [0, 0.05) is 48.1 Å². The van der Waals surface area contributed by atoms with Crippen LogP contribution in [0.3, 0.4) is 0 Å². The van der Waals surface area contributed by atoms with E-state index in [0.717, 1.165) is 30.5 Å². The zero-order chi connectivity index (χ0) is 16.3. The molecule has 0 aliphatic carbocycles. The summed E-state index contributed by atoms with van der Waals surface area (Å²) in [5.41, 5.74) is 1.47. The molecule has 1 atom stereocenters. The maximum absolute atomic E-state index is 14.7. The second kappa shape index (κ2) is 5.66. The zero-order valence-corrected chi connectivity index (χ0v) is 16.6. The van der Waals surface area contributed by atoms with E-state index in [2.05, 4.69) is 35.9 Å².